The van der Waals surface area contributed by atoms with Crippen LogP contribution in [0.3, 0.4) is 0 Å². The molecule has 0 bridgehead atoms. The van der Waals surface area contributed by atoms with Crippen LogP contribution in [0.5, 0.6) is 5.88 Å². The Morgan fingerprint density at radius 1 is 1.23 bits per heavy atom. The van der Waals surface area contributed by atoms with Gasteiger partial charge in [-0.05, 0) is 29.8 Å². The van der Waals surface area contributed by atoms with Gasteiger partial charge in [-0.25, -0.2) is 0 Å². The number of nitrogens with zero attached hydrogens (tertiary/aromatic N) is 2. The zero-order valence-corrected chi connectivity index (χ0v) is 15.7. The fourth-order valence-corrected chi connectivity index (χ4v) is 3.64. The Bertz CT molecular complexity index is 1070. The van der Waals surface area contributed by atoms with Crippen LogP contribution in [0.4, 0.5) is 0 Å². The summed E-state index contributed by atoms with van der Waals surface area (Å²) in [6, 6.07) is 17.3. The van der Waals surface area contributed by atoms with Crippen LogP contribution in [0.25, 0.3) is 11.3 Å². The van der Waals surface area contributed by atoms with Gasteiger partial charge in [-0.3, -0.25) is 5.10 Å². The van der Waals surface area contributed by atoms with Crippen LogP contribution >= 0.6 is 27.5 Å². The van der Waals surface area contributed by atoms with Crippen LogP contribution in [0.2, 0.25) is 5.02 Å². The molecule has 3 aromatic rings. The number of nitrogens with two attached hydrogens (primary N) is 1. The molecule has 128 valence electrons. The van der Waals surface area contributed by atoms with Gasteiger partial charge >= 0.3 is 0 Å². The van der Waals surface area contributed by atoms with Gasteiger partial charge in [0.25, 0.3) is 0 Å². The van der Waals surface area contributed by atoms with Crippen molar-refractivity contribution >= 4 is 27.5 Å². The Hall–Kier alpha value is -2.75. The number of aromatic nitrogens is 2. The van der Waals surface area contributed by atoms with E-state index in [4.69, 9.17) is 22.1 Å². The average Bonchev–Trinajstić information content (AvgIpc) is 3.04. The van der Waals surface area contributed by atoms with E-state index in [-0.39, 0.29) is 11.8 Å². The van der Waals surface area contributed by atoms with Crippen molar-refractivity contribution in [1.82, 2.24) is 10.2 Å². The molecular weight excluding hydrogens is 416 g/mol. The highest BCUT2D eigenvalue weighted by atomic mass is 79.9. The van der Waals surface area contributed by atoms with E-state index in [1.165, 1.54) is 0 Å². The summed E-state index contributed by atoms with van der Waals surface area (Å²) >= 11 is 9.49. The van der Waals surface area contributed by atoms with E-state index in [0.717, 1.165) is 26.9 Å². The van der Waals surface area contributed by atoms with Gasteiger partial charge < -0.3 is 10.5 Å². The van der Waals surface area contributed by atoms with E-state index in [9.17, 15) is 5.26 Å². The number of H-pyrrole nitrogens is 1. The first kappa shape index (κ1) is 16.7. The molecule has 7 heteroatoms. The maximum atomic E-state index is 9.70. The Balaban J connectivity index is 1.95. The molecule has 1 aromatic heterocycles. The molecule has 2 aromatic carbocycles. The van der Waals surface area contributed by atoms with Crippen molar-refractivity contribution in [2.45, 2.75) is 5.92 Å². The third kappa shape index (κ3) is 2.75. The molecule has 5 nitrogen and oxygen atoms in total. The summed E-state index contributed by atoms with van der Waals surface area (Å²) in [6.45, 7) is 0. The maximum absolute atomic E-state index is 9.70. The van der Waals surface area contributed by atoms with Gasteiger partial charge in [0, 0.05) is 15.1 Å². The summed E-state index contributed by atoms with van der Waals surface area (Å²) < 4.78 is 6.51. The smallest absolute Gasteiger partial charge is 0.244 e. The number of hydrogen-bond acceptors (Lipinski definition) is 4. The number of ether oxygens (including phenoxy) is 1. The average molecular weight is 428 g/mol. The molecule has 26 heavy (non-hydrogen) atoms. The number of rotatable bonds is 2. The molecule has 0 saturated carbocycles. The van der Waals surface area contributed by atoms with E-state index in [0.29, 0.717) is 16.5 Å². The van der Waals surface area contributed by atoms with Crippen LogP contribution in [-0.2, 0) is 0 Å². The molecule has 0 amide bonds. The van der Waals surface area contributed by atoms with Crippen molar-refractivity contribution < 1.29 is 4.74 Å². The van der Waals surface area contributed by atoms with Crippen LogP contribution in [0, 0.1) is 11.3 Å². The number of halogens is 2. The third-order valence-corrected chi connectivity index (χ3v) is 5.00. The zero-order chi connectivity index (χ0) is 18.3. The second kappa shape index (κ2) is 6.52. The Labute approximate surface area is 163 Å². The molecule has 0 saturated heterocycles. The van der Waals surface area contributed by atoms with E-state index in [1.54, 1.807) is 12.1 Å². The minimum absolute atomic E-state index is 0.0686. The molecule has 0 aliphatic carbocycles. The highest BCUT2D eigenvalue weighted by molar-refractivity contribution is 9.10. The SMILES string of the molecule is N#CC1=C(N)Oc2n[nH]c(-c3ccc(Cl)cc3)c2[C@@H]1c1cccc(Br)c1. The first-order chi connectivity index (χ1) is 12.6. The van der Waals surface area contributed by atoms with Gasteiger partial charge in [-0.15, -0.1) is 5.10 Å². The lowest BCUT2D eigenvalue weighted by Crippen LogP contribution is -2.21. The predicted molar refractivity (Wildman–Crippen MR) is 102 cm³/mol. The number of nitrogens with one attached hydrogen (secondary N) is 1. The van der Waals surface area contributed by atoms with Gasteiger partial charge in [0.1, 0.15) is 11.6 Å². The summed E-state index contributed by atoms with van der Waals surface area (Å²) in [6.07, 6.45) is 0. The van der Waals surface area contributed by atoms with Crippen molar-refractivity contribution in [3.05, 3.63) is 80.6 Å². The standard InChI is InChI=1S/C19H12BrClN4O/c20-12-3-1-2-11(8-12)15-14(9-22)18(23)26-19-16(15)17(24-25-19)10-4-6-13(21)7-5-10/h1-8,15H,23H2,(H,24,25)/t15-/m1/s1. The first-order valence-electron chi connectivity index (χ1n) is 7.75. The van der Waals surface area contributed by atoms with Gasteiger partial charge in [-0.1, -0.05) is 51.8 Å². The fraction of sp³-hybridized carbons (Fsp3) is 0.0526. The van der Waals surface area contributed by atoms with Gasteiger partial charge in [-0.2, -0.15) is 5.26 Å². The van der Waals surface area contributed by atoms with Crippen molar-refractivity contribution in [1.29, 1.82) is 5.26 Å². The summed E-state index contributed by atoms with van der Waals surface area (Å²) in [4.78, 5) is 0. The number of fused-ring (bicyclic) bond motifs is 1. The molecular formula is C19H12BrClN4O. The molecule has 0 unspecified atom stereocenters. The zero-order valence-electron chi connectivity index (χ0n) is 13.3. The molecule has 1 aliphatic rings. The topological polar surface area (TPSA) is 87.7 Å². The quantitative estimate of drug-likeness (QED) is 0.620. The molecule has 0 spiro atoms. The lowest BCUT2D eigenvalue weighted by atomic mass is 9.83. The molecule has 2 heterocycles. The number of benzene rings is 2. The summed E-state index contributed by atoms with van der Waals surface area (Å²) in [5, 5.41) is 17.6. The first-order valence-corrected chi connectivity index (χ1v) is 8.93. The molecule has 4 rings (SSSR count). The highest BCUT2D eigenvalue weighted by Gasteiger charge is 2.35. The summed E-state index contributed by atoms with van der Waals surface area (Å²) in [5.41, 5.74) is 9.69. The number of nitriles is 1. The lowest BCUT2D eigenvalue weighted by molar-refractivity contribution is 0.379. The Morgan fingerprint density at radius 3 is 2.69 bits per heavy atom. The molecule has 1 atom stereocenters. The molecule has 0 radical (unpaired) electrons. The third-order valence-electron chi connectivity index (χ3n) is 4.25. The molecule has 1 aliphatic heterocycles. The van der Waals surface area contributed by atoms with Gasteiger partial charge in [0.05, 0.1) is 17.2 Å². The van der Waals surface area contributed by atoms with Gasteiger partial charge in [0.2, 0.25) is 11.8 Å². The number of allylic oxidation sites excluding steroid dienone is 1. The Morgan fingerprint density at radius 2 is 2.00 bits per heavy atom. The summed E-state index contributed by atoms with van der Waals surface area (Å²) in [5.74, 6) is 0.0567. The predicted octanol–water partition coefficient (Wildman–Crippen LogP) is 4.71. The Kier molecular flexibility index (Phi) is 4.19. The molecule has 3 N–H and O–H groups in total. The van der Waals surface area contributed by atoms with Crippen molar-refractivity contribution in [2.75, 3.05) is 0 Å². The van der Waals surface area contributed by atoms with Crippen molar-refractivity contribution in [2.24, 2.45) is 5.73 Å². The van der Waals surface area contributed by atoms with E-state index >= 15 is 0 Å². The van der Waals surface area contributed by atoms with Crippen molar-refractivity contribution in [3.63, 3.8) is 0 Å². The second-order valence-corrected chi connectivity index (χ2v) is 7.16. The largest absolute Gasteiger partial charge is 0.420 e. The summed E-state index contributed by atoms with van der Waals surface area (Å²) in [7, 11) is 0. The van der Waals surface area contributed by atoms with E-state index in [2.05, 4.69) is 32.2 Å². The fourth-order valence-electron chi connectivity index (χ4n) is 3.10. The highest BCUT2D eigenvalue weighted by Crippen LogP contribution is 2.45. The van der Waals surface area contributed by atoms with Crippen LogP contribution in [0.1, 0.15) is 17.0 Å². The normalized spacial score (nSPS) is 16.0. The van der Waals surface area contributed by atoms with E-state index < -0.39 is 0 Å². The number of aromatic amines is 1. The molecule has 0 fully saturated rings. The van der Waals surface area contributed by atoms with Crippen LogP contribution in [0.15, 0.2) is 64.5 Å². The lowest BCUT2D eigenvalue weighted by Gasteiger charge is -2.24. The maximum Gasteiger partial charge on any atom is 0.244 e. The minimum Gasteiger partial charge on any atom is -0.420 e. The monoisotopic (exact) mass is 426 g/mol. The number of hydrogen-bond donors (Lipinski definition) is 2. The van der Waals surface area contributed by atoms with Crippen molar-refractivity contribution in [3.8, 4) is 23.2 Å². The van der Waals surface area contributed by atoms with E-state index in [1.807, 2.05) is 36.4 Å². The second-order valence-electron chi connectivity index (χ2n) is 5.80. The van der Waals surface area contributed by atoms with Crippen LogP contribution in [-0.4, -0.2) is 10.2 Å². The minimum atomic E-state index is -0.384. The van der Waals surface area contributed by atoms with Crippen LogP contribution < -0.4 is 10.5 Å². The van der Waals surface area contributed by atoms with Gasteiger partial charge in [0.15, 0.2) is 0 Å².